The van der Waals surface area contributed by atoms with E-state index < -0.39 is 6.16 Å². The number of unbranched alkanes of at least 4 members (excludes halogenated alkanes) is 6. The van der Waals surface area contributed by atoms with E-state index in [1.165, 1.54) is 106 Å². The Balaban J connectivity index is 1.28. The van der Waals surface area contributed by atoms with E-state index in [4.69, 9.17) is 9.47 Å². The predicted octanol–water partition coefficient (Wildman–Crippen LogP) is 11.7. The van der Waals surface area contributed by atoms with Gasteiger partial charge in [-0.1, -0.05) is 114 Å². The quantitative estimate of drug-likeness (QED) is 0.170. The van der Waals surface area contributed by atoms with Crippen molar-refractivity contribution >= 4 is 6.16 Å². The molecule has 2 saturated carbocycles. The fraction of sp³-hybridized carbons (Fsp3) is 0.658. The van der Waals surface area contributed by atoms with Gasteiger partial charge < -0.3 is 9.47 Å². The maximum atomic E-state index is 12.1. The van der Waals surface area contributed by atoms with E-state index in [0.717, 1.165) is 50.4 Å². The normalized spacial score (nSPS) is 24.6. The minimum Gasteiger partial charge on any atom is -0.438 e. The summed E-state index contributed by atoms with van der Waals surface area (Å²) in [6.07, 6.45) is 21.6. The van der Waals surface area contributed by atoms with Crippen molar-refractivity contribution in [3.8, 4) is 11.1 Å². The summed E-state index contributed by atoms with van der Waals surface area (Å²) in [5.74, 6) is 2.23. The van der Waals surface area contributed by atoms with Crippen LogP contribution in [-0.2, 0) is 9.47 Å². The molecule has 0 unspecified atom stereocenters. The lowest BCUT2D eigenvalue weighted by atomic mass is 9.74. The molecule has 2 aromatic rings. The first-order chi connectivity index (χ1) is 20.1. The summed E-state index contributed by atoms with van der Waals surface area (Å²) in [5, 5.41) is 0. The van der Waals surface area contributed by atoms with Crippen LogP contribution in [-0.4, -0.2) is 18.9 Å². The van der Waals surface area contributed by atoms with E-state index in [2.05, 4.69) is 62.4 Å². The average molecular weight is 561 g/mol. The first-order valence-corrected chi connectivity index (χ1v) is 17.0. The van der Waals surface area contributed by atoms with Crippen LogP contribution < -0.4 is 0 Å². The van der Waals surface area contributed by atoms with Crippen LogP contribution >= 0.6 is 0 Å². The van der Waals surface area contributed by atoms with E-state index >= 15 is 0 Å². The van der Waals surface area contributed by atoms with Gasteiger partial charge in [0.15, 0.2) is 0 Å². The number of ether oxygens (including phenoxy) is 2. The zero-order valence-corrected chi connectivity index (χ0v) is 26.3. The van der Waals surface area contributed by atoms with Crippen LogP contribution in [0.5, 0.6) is 0 Å². The Morgan fingerprint density at radius 1 is 0.683 bits per heavy atom. The van der Waals surface area contributed by atoms with Crippen LogP contribution in [0.3, 0.4) is 0 Å². The fourth-order valence-corrected chi connectivity index (χ4v) is 7.51. The molecule has 3 heteroatoms. The number of hydrogen-bond donors (Lipinski definition) is 0. The van der Waals surface area contributed by atoms with Gasteiger partial charge in [-0.3, -0.25) is 0 Å². The van der Waals surface area contributed by atoms with Gasteiger partial charge in [-0.25, -0.2) is 4.79 Å². The third-order valence-electron chi connectivity index (χ3n) is 10.3. The number of rotatable bonds is 14. The first kappa shape index (κ1) is 31.6. The van der Waals surface area contributed by atoms with Crippen LogP contribution in [0.1, 0.15) is 152 Å². The molecule has 0 radical (unpaired) electrons. The predicted molar refractivity (Wildman–Crippen MR) is 172 cm³/mol. The Morgan fingerprint density at radius 2 is 1.20 bits per heavy atom. The fourth-order valence-electron chi connectivity index (χ4n) is 7.51. The van der Waals surface area contributed by atoms with Gasteiger partial charge in [-0.15, -0.1) is 0 Å². The number of hydrogen-bond acceptors (Lipinski definition) is 3. The summed E-state index contributed by atoms with van der Waals surface area (Å²) >= 11 is 0. The highest BCUT2D eigenvalue weighted by molar-refractivity contribution is 5.64. The Kier molecular flexibility index (Phi) is 12.6. The molecule has 2 aromatic carbocycles. The lowest BCUT2D eigenvalue weighted by Crippen LogP contribution is -2.39. The second-order valence-electron chi connectivity index (χ2n) is 13.1. The van der Waals surface area contributed by atoms with Crippen LogP contribution in [0.15, 0.2) is 48.5 Å². The average Bonchev–Trinajstić information content (AvgIpc) is 3.02. The third-order valence-corrected chi connectivity index (χ3v) is 10.3. The van der Waals surface area contributed by atoms with Crippen molar-refractivity contribution in [2.75, 3.05) is 7.11 Å². The smallest absolute Gasteiger partial charge is 0.438 e. The maximum absolute atomic E-state index is 12.1. The molecule has 0 bridgehead atoms. The largest absolute Gasteiger partial charge is 0.508 e. The Morgan fingerprint density at radius 3 is 1.73 bits per heavy atom. The van der Waals surface area contributed by atoms with Crippen LogP contribution in [0, 0.1) is 5.92 Å². The van der Waals surface area contributed by atoms with Gasteiger partial charge in [-0.05, 0) is 104 Å². The van der Waals surface area contributed by atoms with E-state index in [0.29, 0.717) is 5.92 Å². The molecule has 41 heavy (non-hydrogen) atoms. The summed E-state index contributed by atoms with van der Waals surface area (Å²) in [6, 6.07) is 18.7. The zero-order chi connectivity index (χ0) is 28.9. The van der Waals surface area contributed by atoms with Crippen molar-refractivity contribution in [3.63, 3.8) is 0 Å². The molecule has 0 saturated heterocycles. The van der Waals surface area contributed by atoms with E-state index in [1.54, 1.807) is 0 Å². The SMILES string of the molecule is CCCCCCCC1(OC(=O)OC)CCC(c2ccc(-c3ccc([C@H]4CC[C@H](CCCCC)CC4)cc3)cc2)CC1. The summed E-state index contributed by atoms with van der Waals surface area (Å²) in [7, 11) is 1.42. The minimum absolute atomic E-state index is 0.355. The zero-order valence-electron chi connectivity index (χ0n) is 26.3. The van der Waals surface area contributed by atoms with Crippen LogP contribution in [0.4, 0.5) is 4.79 Å². The highest BCUT2D eigenvalue weighted by Gasteiger charge is 2.39. The molecule has 0 N–H and O–H groups in total. The summed E-state index contributed by atoms with van der Waals surface area (Å²) in [5.41, 5.74) is 5.20. The molecule has 0 aliphatic heterocycles. The summed E-state index contributed by atoms with van der Waals surface area (Å²) in [4.78, 5) is 12.1. The van der Waals surface area contributed by atoms with Crippen molar-refractivity contribution in [2.45, 2.75) is 147 Å². The number of carbonyl (C=O) groups is 1. The molecule has 226 valence electrons. The number of methoxy groups -OCH3 is 1. The van der Waals surface area contributed by atoms with Crippen molar-refractivity contribution in [1.29, 1.82) is 0 Å². The third kappa shape index (κ3) is 9.35. The standard InChI is InChI=1S/C38H56O3/c1-4-6-8-9-11-27-38(41-37(39)40-3)28-25-36(26-29-38)35-23-21-34(22-24-35)33-19-17-32(18-20-33)31-15-13-30(14-16-31)12-10-7-5-2/h17-24,30-31,36H,4-16,25-29H2,1-3H3/t30-,31-,36?,38?. The van der Waals surface area contributed by atoms with Gasteiger partial charge in [0.05, 0.1) is 7.11 Å². The highest BCUT2D eigenvalue weighted by atomic mass is 16.7. The molecule has 0 atom stereocenters. The van der Waals surface area contributed by atoms with E-state index in [-0.39, 0.29) is 5.60 Å². The van der Waals surface area contributed by atoms with Gasteiger partial charge in [0.1, 0.15) is 5.60 Å². The molecular weight excluding hydrogens is 504 g/mol. The van der Waals surface area contributed by atoms with Crippen molar-refractivity contribution in [3.05, 3.63) is 59.7 Å². The molecule has 0 heterocycles. The minimum atomic E-state index is -0.525. The summed E-state index contributed by atoms with van der Waals surface area (Å²) < 4.78 is 10.8. The molecular formula is C38H56O3. The lowest BCUT2D eigenvalue weighted by molar-refractivity contribution is -0.0574. The van der Waals surface area contributed by atoms with Gasteiger partial charge in [0, 0.05) is 0 Å². The Bertz CT molecular complexity index is 1010. The number of benzene rings is 2. The highest BCUT2D eigenvalue weighted by Crippen LogP contribution is 2.43. The molecule has 0 spiro atoms. The van der Waals surface area contributed by atoms with Gasteiger partial charge in [0.2, 0.25) is 0 Å². The molecule has 3 nitrogen and oxygen atoms in total. The first-order valence-electron chi connectivity index (χ1n) is 17.0. The molecule has 2 aliphatic rings. The van der Waals surface area contributed by atoms with Gasteiger partial charge in [-0.2, -0.15) is 0 Å². The molecule has 2 fully saturated rings. The van der Waals surface area contributed by atoms with Gasteiger partial charge >= 0.3 is 6.16 Å². The Labute approximate surface area is 250 Å². The molecule has 2 aliphatic carbocycles. The molecule has 0 amide bonds. The molecule has 0 aromatic heterocycles. The van der Waals surface area contributed by atoms with Gasteiger partial charge in [0.25, 0.3) is 0 Å². The van der Waals surface area contributed by atoms with Crippen LogP contribution in [0.25, 0.3) is 11.1 Å². The van der Waals surface area contributed by atoms with Crippen molar-refractivity contribution in [1.82, 2.24) is 0 Å². The monoisotopic (exact) mass is 560 g/mol. The second-order valence-corrected chi connectivity index (χ2v) is 13.1. The van der Waals surface area contributed by atoms with Crippen molar-refractivity contribution in [2.24, 2.45) is 5.92 Å². The van der Waals surface area contributed by atoms with Crippen LogP contribution in [0.2, 0.25) is 0 Å². The lowest BCUT2D eigenvalue weighted by Gasteiger charge is -2.39. The number of carbonyl (C=O) groups excluding carboxylic acids is 1. The molecule has 4 rings (SSSR count). The Hall–Kier alpha value is -2.29. The second kappa shape index (κ2) is 16.4. The topological polar surface area (TPSA) is 35.5 Å². The van der Waals surface area contributed by atoms with Crippen molar-refractivity contribution < 1.29 is 14.3 Å². The maximum Gasteiger partial charge on any atom is 0.508 e. The van der Waals surface area contributed by atoms with E-state index in [9.17, 15) is 4.79 Å². The van der Waals surface area contributed by atoms with E-state index in [1.807, 2.05) is 0 Å². The summed E-state index contributed by atoms with van der Waals surface area (Å²) in [6.45, 7) is 4.55.